The molecule has 1 fully saturated rings. The van der Waals surface area contributed by atoms with Gasteiger partial charge in [0.25, 0.3) is 0 Å². The van der Waals surface area contributed by atoms with Crippen LogP contribution in [0.2, 0.25) is 0 Å². The van der Waals surface area contributed by atoms with Crippen LogP contribution in [-0.4, -0.2) is 36.0 Å². The Hall–Kier alpha value is -0.880. The first-order valence-corrected chi connectivity index (χ1v) is 7.87. The standard InChI is InChI=1S/C12H21N3O2S/c1-9(2)11-4-6-15(7-5-11)18(16,17)12-8-13-14-10(12)3/h8-9,11H,4-7H2,1-3H3,(H,13,14). The highest BCUT2D eigenvalue weighted by Gasteiger charge is 2.31. The molecule has 1 aliphatic heterocycles. The first-order valence-electron chi connectivity index (χ1n) is 6.43. The molecule has 5 nitrogen and oxygen atoms in total. The normalized spacial score (nSPS) is 19.6. The van der Waals surface area contributed by atoms with Crippen molar-refractivity contribution in [1.29, 1.82) is 0 Å². The van der Waals surface area contributed by atoms with Gasteiger partial charge in [-0.25, -0.2) is 8.42 Å². The largest absolute Gasteiger partial charge is 0.281 e. The van der Waals surface area contributed by atoms with Crippen molar-refractivity contribution in [3.63, 3.8) is 0 Å². The average Bonchev–Trinajstić information content (AvgIpc) is 2.76. The number of aromatic nitrogens is 2. The van der Waals surface area contributed by atoms with Crippen LogP contribution in [-0.2, 0) is 10.0 Å². The van der Waals surface area contributed by atoms with E-state index < -0.39 is 10.0 Å². The predicted octanol–water partition coefficient (Wildman–Crippen LogP) is 1.77. The third-order valence-electron chi connectivity index (χ3n) is 3.84. The summed E-state index contributed by atoms with van der Waals surface area (Å²) in [5, 5.41) is 6.48. The smallest absolute Gasteiger partial charge is 0.246 e. The molecule has 1 aromatic rings. The van der Waals surface area contributed by atoms with Crippen LogP contribution in [0.4, 0.5) is 0 Å². The summed E-state index contributed by atoms with van der Waals surface area (Å²) in [6.45, 7) is 7.39. The quantitative estimate of drug-likeness (QED) is 0.911. The van der Waals surface area contributed by atoms with Gasteiger partial charge in [-0.1, -0.05) is 13.8 Å². The van der Waals surface area contributed by atoms with Gasteiger partial charge in [0.1, 0.15) is 4.90 Å². The zero-order chi connectivity index (χ0) is 13.3. The van der Waals surface area contributed by atoms with Crippen LogP contribution in [0.25, 0.3) is 0 Å². The zero-order valence-corrected chi connectivity index (χ0v) is 12.0. The lowest BCUT2D eigenvalue weighted by Crippen LogP contribution is -2.39. The summed E-state index contributed by atoms with van der Waals surface area (Å²) in [6.07, 6.45) is 3.31. The molecule has 0 aromatic carbocycles. The number of aromatic amines is 1. The first-order chi connectivity index (χ1) is 8.43. The van der Waals surface area contributed by atoms with Gasteiger partial charge >= 0.3 is 0 Å². The molecule has 2 heterocycles. The summed E-state index contributed by atoms with van der Waals surface area (Å²) in [6, 6.07) is 0. The molecular weight excluding hydrogens is 250 g/mol. The molecular formula is C12H21N3O2S. The second kappa shape index (κ2) is 5.01. The molecule has 1 aliphatic rings. The Kier molecular flexibility index (Phi) is 3.77. The second-order valence-electron chi connectivity index (χ2n) is 5.34. The maximum absolute atomic E-state index is 12.4. The zero-order valence-electron chi connectivity index (χ0n) is 11.2. The van der Waals surface area contributed by atoms with Crippen molar-refractivity contribution in [2.24, 2.45) is 11.8 Å². The van der Waals surface area contributed by atoms with Crippen molar-refractivity contribution in [2.45, 2.75) is 38.5 Å². The van der Waals surface area contributed by atoms with Crippen molar-refractivity contribution in [2.75, 3.05) is 13.1 Å². The molecule has 1 aromatic heterocycles. The van der Waals surface area contributed by atoms with E-state index in [-0.39, 0.29) is 0 Å². The van der Waals surface area contributed by atoms with E-state index in [1.165, 1.54) is 6.20 Å². The van der Waals surface area contributed by atoms with Crippen LogP contribution in [0.1, 0.15) is 32.4 Å². The van der Waals surface area contributed by atoms with Gasteiger partial charge in [0, 0.05) is 13.1 Å². The van der Waals surface area contributed by atoms with Crippen molar-refractivity contribution < 1.29 is 8.42 Å². The lowest BCUT2D eigenvalue weighted by molar-refractivity contribution is 0.226. The highest BCUT2D eigenvalue weighted by atomic mass is 32.2. The number of nitrogens with zero attached hydrogens (tertiary/aromatic N) is 2. The Labute approximate surface area is 109 Å². The summed E-state index contributed by atoms with van der Waals surface area (Å²) in [5.74, 6) is 1.27. The van der Waals surface area contributed by atoms with E-state index in [1.807, 2.05) is 0 Å². The second-order valence-corrected chi connectivity index (χ2v) is 7.25. The fourth-order valence-corrected chi connectivity index (χ4v) is 4.11. The van der Waals surface area contributed by atoms with Gasteiger partial charge in [-0.05, 0) is 31.6 Å². The lowest BCUT2D eigenvalue weighted by atomic mass is 9.87. The molecule has 0 aliphatic carbocycles. The molecule has 1 N–H and O–H groups in total. The first kappa shape index (κ1) is 13.5. The number of aryl methyl sites for hydroxylation is 1. The molecule has 0 amide bonds. The van der Waals surface area contributed by atoms with Crippen LogP contribution < -0.4 is 0 Å². The predicted molar refractivity (Wildman–Crippen MR) is 69.6 cm³/mol. The Bertz CT molecular complexity index is 499. The van der Waals surface area contributed by atoms with Gasteiger partial charge in [-0.15, -0.1) is 0 Å². The van der Waals surface area contributed by atoms with Crippen molar-refractivity contribution in [3.05, 3.63) is 11.9 Å². The molecule has 2 rings (SSSR count). The molecule has 0 spiro atoms. The fourth-order valence-electron chi connectivity index (χ4n) is 2.52. The van der Waals surface area contributed by atoms with Gasteiger partial charge in [0.2, 0.25) is 10.0 Å². The van der Waals surface area contributed by atoms with Gasteiger partial charge < -0.3 is 0 Å². The minimum Gasteiger partial charge on any atom is -0.281 e. The van der Waals surface area contributed by atoms with E-state index in [4.69, 9.17) is 0 Å². The minimum atomic E-state index is -3.36. The summed E-state index contributed by atoms with van der Waals surface area (Å²) in [7, 11) is -3.36. The SMILES string of the molecule is Cc1[nH]ncc1S(=O)(=O)N1CCC(C(C)C)CC1. The third-order valence-corrected chi connectivity index (χ3v) is 5.86. The molecule has 6 heteroatoms. The number of sulfonamides is 1. The van der Waals surface area contributed by atoms with Gasteiger partial charge in [-0.2, -0.15) is 9.40 Å². The molecule has 0 saturated carbocycles. The highest BCUT2D eigenvalue weighted by molar-refractivity contribution is 7.89. The van der Waals surface area contributed by atoms with E-state index in [1.54, 1.807) is 11.2 Å². The number of rotatable bonds is 3. The van der Waals surface area contributed by atoms with Crippen LogP contribution in [0, 0.1) is 18.8 Å². The Balaban J connectivity index is 2.12. The molecule has 0 atom stereocenters. The third kappa shape index (κ3) is 2.44. The van der Waals surface area contributed by atoms with E-state index in [0.717, 1.165) is 12.8 Å². The Morgan fingerprint density at radius 1 is 1.39 bits per heavy atom. The minimum absolute atomic E-state index is 0.311. The topological polar surface area (TPSA) is 66.1 Å². The number of nitrogens with one attached hydrogen (secondary N) is 1. The van der Waals surface area contributed by atoms with Crippen LogP contribution in [0.15, 0.2) is 11.1 Å². The molecule has 1 saturated heterocycles. The van der Waals surface area contributed by atoms with Crippen LogP contribution >= 0.6 is 0 Å². The fraction of sp³-hybridized carbons (Fsp3) is 0.750. The number of hydrogen-bond donors (Lipinski definition) is 1. The van der Waals surface area contributed by atoms with E-state index in [9.17, 15) is 8.42 Å². The molecule has 0 unspecified atom stereocenters. The summed E-state index contributed by atoms with van der Waals surface area (Å²) in [4.78, 5) is 0.311. The molecule has 0 bridgehead atoms. The van der Waals surface area contributed by atoms with Gasteiger partial charge in [0.05, 0.1) is 11.9 Å². The number of hydrogen-bond acceptors (Lipinski definition) is 3. The maximum Gasteiger partial charge on any atom is 0.246 e. The van der Waals surface area contributed by atoms with E-state index in [2.05, 4.69) is 24.0 Å². The van der Waals surface area contributed by atoms with Crippen molar-refractivity contribution >= 4 is 10.0 Å². The summed E-state index contributed by atoms with van der Waals surface area (Å²) in [5.41, 5.74) is 0.612. The summed E-state index contributed by atoms with van der Waals surface area (Å²) < 4.78 is 26.4. The van der Waals surface area contributed by atoms with Crippen LogP contribution in [0.5, 0.6) is 0 Å². The monoisotopic (exact) mass is 271 g/mol. The molecule has 102 valence electrons. The average molecular weight is 271 g/mol. The van der Waals surface area contributed by atoms with E-state index in [0.29, 0.717) is 35.5 Å². The van der Waals surface area contributed by atoms with Crippen molar-refractivity contribution in [3.8, 4) is 0 Å². The highest BCUT2D eigenvalue weighted by Crippen LogP contribution is 2.28. The molecule has 0 radical (unpaired) electrons. The van der Waals surface area contributed by atoms with E-state index >= 15 is 0 Å². The van der Waals surface area contributed by atoms with Gasteiger partial charge in [0.15, 0.2) is 0 Å². The van der Waals surface area contributed by atoms with Gasteiger partial charge in [-0.3, -0.25) is 5.10 Å². The summed E-state index contributed by atoms with van der Waals surface area (Å²) >= 11 is 0. The van der Waals surface area contributed by atoms with Crippen molar-refractivity contribution in [1.82, 2.24) is 14.5 Å². The number of H-pyrrole nitrogens is 1. The molecule has 18 heavy (non-hydrogen) atoms. The number of piperidine rings is 1. The maximum atomic E-state index is 12.4. The van der Waals surface area contributed by atoms with Crippen LogP contribution in [0.3, 0.4) is 0 Å². The Morgan fingerprint density at radius 2 is 2.00 bits per heavy atom. The Morgan fingerprint density at radius 3 is 2.44 bits per heavy atom. The lowest BCUT2D eigenvalue weighted by Gasteiger charge is -2.32.